The van der Waals surface area contributed by atoms with Crippen molar-refractivity contribution in [1.82, 2.24) is 0 Å². The molecule has 0 unspecified atom stereocenters. The van der Waals surface area contributed by atoms with E-state index in [4.69, 9.17) is 0 Å². The van der Waals surface area contributed by atoms with Crippen LogP contribution in [0.3, 0.4) is 0 Å². The lowest BCUT2D eigenvalue weighted by atomic mass is 9.86. The van der Waals surface area contributed by atoms with Gasteiger partial charge in [-0.1, -0.05) is 48.0 Å². The van der Waals surface area contributed by atoms with Crippen molar-refractivity contribution in [2.45, 2.75) is 20.3 Å². The van der Waals surface area contributed by atoms with Gasteiger partial charge >= 0.3 is 0 Å². The smallest absolute Gasteiger partial charge is 0.0132 e. The first-order chi connectivity index (χ1) is 5.10. The van der Waals surface area contributed by atoms with Crippen LogP contribution < -0.4 is 5.73 Å². The van der Waals surface area contributed by atoms with Gasteiger partial charge in [-0.25, -0.2) is 0 Å². The van der Waals surface area contributed by atoms with Gasteiger partial charge in [0.2, 0.25) is 0 Å². The van der Waals surface area contributed by atoms with Crippen LogP contribution in [-0.2, 0) is 0 Å². The molecule has 2 N–H and O–H groups in total. The maximum atomic E-state index is 4.50. The number of nitrogens with two attached hydrogens (primary N) is 1. The fourth-order valence-electron chi connectivity index (χ4n) is 0.802. The van der Waals surface area contributed by atoms with Gasteiger partial charge in [0, 0.05) is 4.48 Å². The van der Waals surface area contributed by atoms with E-state index in [2.05, 4.69) is 53.7 Å². The van der Waals surface area contributed by atoms with Gasteiger partial charge < -0.3 is 5.73 Å². The molecule has 0 heterocycles. The summed E-state index contributed by atoms with van der Waals surface area (Å²) in [4.78, 5) is 0. The van der Waals surface area contributed by atoms with E-state index in [9.17, 15) is 0 Å². The molecule has 0 saturated carbocycles. The monoisotopic (exact) mass is 217 g/mol. The summed E-state index contributed by atoms with van der Waals surface area (Å²) in [6, 6.07) is 0. The summed E-state index contributed by atoms with van der Waals surface area (Å²) in [5, 5.41) is 0. The molecule has 1 aliphatic rings. The lowest BCUT2D eigenvalue weighted by Crippen LogP contribution is -2.07. The average molecular weight is 218 g/mol. The first-order valence-corrected chi connectivity index (χ1v) is 4.52. The molecule has 0 aromatic rings. The van der Waals surface area contributed by atoms with Crippen molar-refractivity contribution in [2.75, 3.05) is 7.05 Å². The molecule has 0 atom stereocenters. The van der Waals surface area contributed by atoms with Crippen LogP contribution in [0.25, 0.3) is 0 Å². The highest BCUT2D eigenvalue weighted by atomic mass is 79.9. The Morgan fingerprint density at radius 1 is 1.45 bits per heavy atom. The predicted molar refractivity (Wildman–Crippen MR) is 54.7 cm³/mol. The maximum absolute atomic E-state index is 4.50. The minimum atomic E-state index is 0.372. The highest BCUT2D eigenvalue weighted by molar-refractivity contribution is 9.11. The summed E-state index contributed by atoms with van der Waals surface area (Å²) in [6.07, 6.45) is 7.70. The summed E-state index contributed by atoms with van der Waals surface area (Å²) < 4.78 is 1.21. The molecule has 11 heavy (non-hydrogen) atoms. The van der Waals surface area contributed by atoms with E-state index in [0.717, 1.165) is 6.42 Å². The third-order valence-electron chi connectivity index (χ3n) is 1.52. The van der Waals surface area contributed by atoms with Gasteiger partial charge in [-0.3, -0.25) is 0 Å². The molecule has 0 spiro atoms. The minimum absolute atomic E-state index is 0.372. The van der Waals surface area contributed by atoms with Crippen molar-refractivity contribution in [3.05, 3.63) is 22.7 Å². The Bertz CT molecular complexity index is 168. The molecule has 0 fully saturated rings. The van der Waals surface area contributed by atoms with Crippen molar-refractivity contribution in [1.29, 1.82) is 0 Å². The second kappa shape index (κ2) is 4.73. The molecule has 1 aliphatic carbocycles. The molecular formula is C9H16BrN. The van der Waals surface area contributed by atoms with Crippen LogP contribution in [0.2, 0.25) is 0 Å². The number of rotatable bonds is 0. The summed E-state index contributed by atoms with van der Waals surface area (Å²) in [7, 11) is 1.50. The van der Waals surface area contributed by atoms with Crippen LogP contribution in [0.15, 0.2) is 22.7 Å². The summed E-state index contributed by atoms with van der Waals surface area (Å²) in [5.41, 5.74) is 4.87. The van der Waals surface area contributed by atoms with Gasteiger partial charge in [-0.2, -0.15) is 0 Å². The highest BCUT2D eigenvalue weighted by Crippen LogP contribution is 2.29. The van der Waals surface area contributed by atoms with Crippen molar-refractivity contribution >= 4 is 15.9 Å². The van der Waals surface area contributed by atoms with Gasteiger partial charge in [0.1, 0.15) is 0 Å². The molecule has 2 heteroatoms. The standard InChI is InChI=1S/C8H11Br.CH5N/c1-8(2)5-3-7(9)4-6-8;1-2/h3-5H,6H2,1-2H3;2H2,1H3. The fraction of sp³-hybridized carbons (Fsp3) is 0.556. The molecule has 0 radical (unpaired) electrons. The van der Waals surface area contributed by atoms with Gasteiger partial charge in [-0.05, 0) is 18.9 Å². The second-order valence-corrected chi connectivity index (χ2v) is 4.03. The molecule has 1 nitrogen and oxygen atoms in total. The van der Waals surface area contributed by atoms with E-state index in [1.807, 2.05) is 0 Å². The molecule has 0 amide bonds. The number of hydrogen-bond donors (Lipinski definition) is 1. The summed E-state index contributed by atoms with van der Waals surface area (Å²) in [6.45, 7) is 4.47. The Kier molecular flexibility index (Phi) is 4.69. The fourth-order valence-corrected chi connectivity index (χ4v) is 1.10. The topological polar surface area (TPSA) is 26.0 Å². The quantitative estimate of drug-likeness (QED) is 0.664. The molecular weight excluding hydrogens is 202 g/mol. The minimum Gasteiger partial charge on any atom is -0.333 e. The van der Waals surface area contributed by atoms with Crippen LogP contribution in [-0.4, -0.2) is 7.05 Å². The largest absolute Gasteiger partial charge is 0.333 e. The lowest BCUT2D eigenvalue weighted by Gasteiger charge is -2.20. The first-order valence-electron chi connectivity index (χ1n) is 3.73. The molecule has 0 bridgehead atoms. The van der Waals surface area contributed by atoms with Crippen molar-refractivity contribution < 1.29 is 0 Å². The Labute approximate surface area is 77.5 Å². The lowest BCUT2D eigenvalue weighted by molar-refractivity contribution is 0.484. The van der Waals surface area contributed by atoms with Gasteiger partial charge in [0.25, 0.3) is 0 Å². The van der Waals surface area contributed by atoms with Crippen LogP contribution in [0.4, 0.5) is 0 Å². The zero-order valence-corrected chi connectivity index (χ0v) is 8.98. The summed E-state index contributed by atoms with van der Waals surface area (Å²) in [5.74, 6) is 0. The molecule has 0 aliphatic heterocycles. The molecule has 64 valence electrons. The van der Waals surface area contributed by atoms with Gasteiger partial charge in [0.05, 0.1) is 0 Å². The third-order valence-corrected chi connectivity index (χ3v) is 2.10. The Hall–Kier alpha value is -0.0800. The number of allylic oxidation sites excluding steroid dienone is 4. The van der Waals surface area contributed by atoms with Crippen molar-refractivity contribution in [3.8, 4) is 0 Å². The summed E-state index contributed by atoms with van der Waals surface area (Å²) >= 11 is 3.41. The maximum Gasteiger partial charge on any atom is 0.0132 e. The third kappa shape index (κ3) is 4.38. The average Bonchev–Trinajstić information content (AvgIpc) is 2.00. The van der Waals surface area contributed by atoms with Crippen LogP contribution in [0, 0.1) is 5.41 Å². The van der Waals surface area contributed by atoms with E-state index in [0.29, 0.717) is 5.41 Å². The Morgan fingerprint density at radius 3 is 2.27 bits per heavy atom. The SMILES string of the molecule is CC1(C)C=CC(Br)=CC1.CN. The predicted octanol–water partition coefficient (Wildman–Crippen LogP) is 2.83. The molecule has 0 aromatic heterocycles. The van der Waals surface area contributed by atoms with Crippen molar-refractivity contribution in [2.24, 2.45) is 11.1 Å². The zero-order chi connectivity index (χ0) is 8.91. The van der Waals surface area contributed by atoms with E-state index < -0.39 is 0 Å². The zero-order valence-electron chi connectivity index (χ0n) is 7.39. The van der Waals surface area contributed by atoms with E-state index in [1.54, 1.807) is 0 Å². The second-order valence-electron chi connectivity index (χ2n) is 3.12. The van der Waals surface area contributed by atoms with Gasteiger partial charge in [-0.15, -0.1) is 0 Å². The van der Waals surface area contributed by atoms with E-state index in [1.165, 1.54) is 11.5 Å². The van der Waals surface area contributed by atoms with Crippen LogP contribution in [0.5, 0.6) is 0 Å². The van der Waals surface area contributed by atoms with Crippen LogP contribution in [0.1, 0.15) is 20.3 Å². The Balaban J connectivity index is 0.000000461. The normalized spacial score (nSPS) is 19.9. The van der Waals surface area contributed by atoms with Crippen LogP contribution >= 0.6 is 15.9 Å². The molecule has 1 rings (SSSR count). The number of hydrogen-bond acceptors (Lipinski definition) is 1. The van der Waals surface area contributed by atoms with Gasteiger partial charge in [0.15, 0.2) is 0 Å². The number of halogens is 1. The Morgan fingerprint density at radius 2 is 2.00 bits per heavy atom. The van der Waals surface area contributed by atoms with E-state index in [-0.39, 0.29) is 0 Å². The van der Waals surface area contributed by atoms with E-state index >= 15 is 0 Å². The van der Waals surface area contributed by atoms with Crippen molar-refractivity contribution in [3.63, 3.8) is 0 Å². The molecule has 0 aromatic carbocycles. The highest BCUT2D eigenvalue weighted by Gasteiger charge is 2.14. The first kappa shape index (κ1) is 10.9. The molecule has 0 saturated heterocycles.